The van der Waals surface area contributed by atoms with Crippen molar-refractivity contribution >= 4 is 0 Å². The number of aliphatic hydroxyl groups is 2. The molecule has 2 N–H and O–H groups in total. The maximum absolute atomic E-state index is 11.6. The molecule has 2 aliphatic heterocycles. The highest BCUT2D eigenvalue weighted by atomic mass is 16.3. The first-order valence-corrected chi connectivity index (χ1v) is 7.94. The first-order valence-electron chi connectivity index (χ1n) is 7.94. The molecule has 106 valence electrons. The second-order valence-corrected chi connectivity index (χ2v) is 7.32. The van der Waals surface area contributed by atoms with Crippen molar-refractivity contribution in [2.75, 3.05) is 13.1 Å². The van der Waals surface area contributed by atoms with Gasteiger partial charge in [0.15, 0.2) is 0 Å². The third-order valence-electron chi connectivity index (χ3n) is 6.40. The number of hydrogen-bond acceptors (Lipinski definition) is 3. The van der Waals surface area contributed by atoms with E-state index in [2.05, 4.69) is 17.9 Å². The van der Waals surface area contributed by atoms with E-state index >= 15 is 0 Å². The van der Waals surface area contributed by atoms with Crippen LogP contribution in [0, 0.1) is 17.3 Å². The highest BCUT2D eigenvalue weighted by molar-refractivity contribution is 5.34. The van der Waals surface area contributed by atoms with Crippen LogP contribution in [0.3, 0.4) is 0 Å². The van der Waals surface area contributed by atoms with Crippen molar-refractivity contribution in [3.63, 3.8) is 0 Å². The van der Waals surface area contributed by atoms with Crippen molar-refractivity contribution in [2.45, 2.75) is 57.3 Å². The molecular weight excluding hydrogens is 238 g/mol. The molecule has 4 rings (SSSR count). The van der Waals surface area contributed by atoms with E-state index in [9.17, 15) is 10.2 Å². The molecule has 1 spiro atoms. The third-order valence-corrected chi connectivity index (χ3v) is 6.40. The van der Waals surface area contributed by atoms with Gasteiger partial charge in [0, 0.05) is 18.5 Å². The van der Waals surface area contributed by atoms with Gasteiger partial charge in [0.05, 0.1) is 6.10 Å². The van der Waals surface area contributed by atoms with E-state index < -0.39 is 5.72 Å². The average molecular weight is 263 g/mol. The maximum atomic E-state index is 11.6. The van der Waals surface area contributed by atoms with Crippen LogP contribution in [-0.2, 0) is 0 Å². The summed E-state index contributed by atoms with van der Waals surface area (Å²) in [4.78, 5) is 2.33. The number of hydrogen-bond donors (Lipinski definition) is 2. The zero-order valence-electron chi connectivity index (χ0n) is 11.8. The van der Waals surface area contributed by atoms with Gasteiger partial charge in [0.1, 0.15) is 5.72 Å². The first kappa shape index (κ1) is 12.4. The Morgan fingerprint density at radius 3 is 3.00 bits per heavy atom. The van der Waals surface area contributed by atoms with Crippen LogP contribution in [0.15, 0.2) is 11.6 Å². The molecule has 6 unspecified atom stereocenters. The van der Waals surface area contributed by atoms with Crippen LogP contribution in [0.25, 0.3) is 0 Å². The van der Waals surface area contributed by atoms with Gasteiger partial charge in [-0.1, -0.05) is 13.0 Å². The van der Waals surface area contributed by atoms with Crippen molar-refractivity contribution in [3.8, 4) is 0 Å². The predicted molar refractivity (Wildman–Crippen MR) is 73.4 cm³/mol. The quantitative estimate of drug-likeness (QED) is 0.656. The van der Waals surface area contributed by atoms with Gasteiger partial charge >= 0.3 is 0 Å². The van der Waals surface area contributed by atoms with Gasteiger partial charge in [0.25, 0.3) is 0 Å². The number of aliphatic hydroxyl groups excluding tert-OH is 1. The fraction of sp³-hybridized carbons (Fsp3) is 0.875. The Bertz CT molecular complexity index is 434. The molecule has 3 heteroatoms. The Morgan fingerprint density at radius 1 is 1.32 bits per heavy atom. The molecule has 3 fully saturated rings. The van der Waals surface area contributed by atoms with Gasteiger partial charge in [-0.25, -0.2) is 0 Å². The summed E-state index contributed by atoms with van der Waals surface area (Å²) in [6.45, 7) is 4.24. The lowest BCUT2D eigenvalue weighted by Gasteiger charge is -2.61. The smallest absolute Gasteiger partial charge is 0.128 e. The van der Waals surface area contributed by atoms with Gasteiger partial charge in [-0.3, -0.25) is 4.90 Å². The summed E-state index contributed by atoms with van der Waals surface area (Å²) < 4.78 is 0. The SMILES string of the molecule is CC1CC2CC(O)C3=CCCN4CCCC32C4(O)C1. The minimum Gasteiger partial charge on any atom is -0.389 e. The topological polar surface area (TPSA) is 43.7 Å². The minimum absolute atomic E-state index is 0.131. The van der Waals surface area contributed by atoms with Crippen LogP contribution >= 0.6 is 0 Å². The Hall–Kier alpha value is -0.380. The van der Waals surface area contributed by atoms with Crippen molar-refractivity contribution in [1.82, 2.24) is 4.90 Å². The zero-order valence-corrected chi connectivity index (χ0v) is 11.8. The summed E-state index contributed by atoms with van der Waals surface area (Å²) in [5.74, 6) is 1.04. The lowest BCUT2D eigenvalue weighted by atomic mass is 9.55. The fourth-order valence-corrected chi connectivity index (χ4v) is 5.91. The summed E-state index contributed by atoms with van der Waals surface area (Å²) in [6, 6.07) is 0. The van der Waals surface area contributed by atoms with E-state index in [4.69, 9.17) is 0 Å². The molecule has 0 aromatic heterocycles. The molecule has 2 aliphatic carbocycles. The monoisotopic (exact) mass is 263 g/mol. The minimum atomic E-state index is -0.687. The van der Waals surface area contributed by atoms with Crippen molar-refractivity contribution in [1.29, 1.82) is 0 Å². The van der Waals surface area contributed by atoms with Crippen molar-refractivity contribution < 1.29 is 10.2 Å². The van der Waals surface area contributed by atoms with Crippen molar-refractivity contribution in [2.24, 2.45) is 17.3 Å². The van der Waals surface area contributed by atoms with E-state index in [1.165, 1.54) is 12.0 Å². The summed E-state index contributed by atoms with van der Waals surface area (Å²) in [5, 5.41) is 22.1. The molecule has 4 aliphatic rings. The second kappa shape index (κ2) is 3.84. The van der Waals surface area contributed by atoms with Crippen LogP contribution < -0.4 is 0 Å². The van der Waals surface area contributed by atoms with Crippen LogP contribution in [0.4, 0.5) is 0 Å². The van der Waals surface area contributed by atoms with Gasteiger partial charge in [-0.15, -0.1) is 0 Å². The van der Waals surface area contributed by atoms with E-state index in [1.54, 1.807) is 0 Å². The fourth-order valence-electron chi connectivity index (χ4n) is 5.91. The summed E-state index contributed by atoms with van der Waals surface area (Å²) in [6.07, 6.45) is 8.09. The van der Waals surface area contributed by atoms with Crippen LogP contribution in [0.2, 0.25) is 0 Å². The molecule has 3 nitrogen and oxygen atoms in total. The Balaban J connectivity index is 1.92. The Labute approximate surface area is 115 Å². The molecule has 19 heavy (non-hydrogen) atoms. The maximum Gasteiger partial charge on any atom is 0.128 e. The largest absolute Gasteiger partial charge is 0.389 e. The van der Waals surface area contributed by atoms with E-state index in [0.29, 0.717) is 11.8 Å². The predicted octanol–water partition coefficient (Wildman–Crippen LogP) is 1.90. The second-order valence-electron chi connectivity index (χ2n) is 7.32. The zero-order chi connectivity index (χ0) is 13.3. The first-order chi connectivity index (χ1) is 9.08. The average Bonchev–Trinajstić information content (AvgIpc) is 2.59. The lowest BCUT2D eigenvalue weighted by Crippen LogP contribution is -2.67. The molecule has 0 radical (unpaired) electrons. The summed E-state index contributed by atoms with van der Waals surface area (Å²) >= 11 is 0. The summed E-state index contributed by atoms with van der Waals surface area (Å²) in [7, 11) is 0. The van der Waals surface area contributed by atoms with Crippen LogP contribution in [0.5, 0.6) is 0 Å². The molecular formula is C16H25NO2. The van der Waals surface area contributed by atoms with E-state index in [1.807, 2.05) is 0 Å². The van der Waals surface area contributed by atoms with E-state index in [-0.39, 0.29) is 11.5 Å². The van der Waals surface area contributed by atoms with Gasteiger partial charge in [-0.05, 0) is 55.9 Å². The number of piperidine rings is 1. The lowest BCUT2D eigenvalue weighted by molar-refractivity contribution is -0.242. The highest BCUT2D eigenvalue weighted by Crippen LogP contribution is 2.66. The molecule has 0 aromatic rings. The van der Waals surface area contributed by atoms with Gasteiger partial charge in [-0.2, -0.15) is 0 Å². The molecule has 2 saturated carbocycles. The standard InChI is InChI=1S/C16H25NO2/c1-11-8-12-9-14(18)13-4-2-6-17-7-3-5-15(12,13)16(17,19)10-11/h4,11-12,14,18-19H,2-3,5-10H2,1H3. The van der Waals surface area contributed by atoms with Crippen LogP contribution in [-0.4, -0.2) is 40.0 Å². The molecule has 6 atom stereocenters. The van der Waals surface area contributed by atoms with Crippen LogP contribution in [0.1, 0.15) is 45.4 Å². The van der Waals surface area contributed by atoms with E-state index in [0.717, 1.165) is 45.2 Å². The number of rotatable bonds is 0. The highest BCUT2D eigenvalue weighted by Gasteiger charge is 2.67. The molecule has 2 heterocycles. The third kappa shape index (κ3) is 1.34. The Morgan fingerprint density at radius 2 is 2.16 bits per heavy atom. The molecule has 0 aromatic carbocycles. The number of nitrogens with zero attached hydrogens (tertiary/aromatic N) is 1. The molecule has 1 saturated heterocycles. The molecule has 0 amide bonds. The molecule has 2 bridgehead atoms. The normalized spacial score (nSPS) is 56.3. The van der Waals surface area contributed by atoms with Gasteiger partial charge < -0.3 is 10.2 Å². The van der Waals surface area contributed by atoms with Crippen molar-refractivity contribution in [3.05, 3.63) is 11.6 Å². The van der Waals surface area contributed by atoms with Gasteiger partial charge in [0.2, 0.25) is 0 Å². The Kier molecular flexibility index (Phi) is 2.50. The summed E-state index contributed by atoms with van der Waals surface area (Å²) in [5.41, 5.74) is 0.371.